The van der Waals surface area contributed by atoms with Gasteiger partial charge in [0.25, 0.3) is 0 Å². The van der Waals surface area contributed by atoms with E-state index in [2.05, 4.69) is 10.3 Å². The summed E-state index contributed by atoms with van der Waals surface area (Å²) in [5.74, 6) is -0.247. The summed E-state index contributed by atoms with van der Waals surface area (Å²) in [6.45, 7) is 0. The van der Waals surface area contributed by atoms with Crippen molar-refractivity contribution in [2.24, 2.45) is 5.73 Å². The summed E-state index contributed by atoms with van der Waals surface area (Å²) in [6.07, 6.45) is 0. The molecule has 100 valence electrons. The van der Waals surface area contributed by atoms with Crippen molar-refractivity contribution in [1.29, 1.82) is 0 Å². The third-order valence-corrected chi connectivity index (χ3v) is 3.92. The average molecular weight is 303 g/mol. The summed E-state index contributed by atoms with van der Waals surface area (Å²) in [6, 6.07) is 12.2. The van der Waals surface area contributed by atoms with Crippen molar-refractivity contribution in [2.75, 3.05) is 5.32 Å². The number of rotatable bonds is 2. The minimum atomic E-state index is -0.247. The predicted molar refractivity (Wildman–Crippen MR) is 85.4 cm³/mol. The number of fused-ring (bicyclic) bond motifs is 1. The van der Waals surface area contributed by atoms with E-state index in [0.29, 0.717) is 0 Å². The van der Waals surface area contributed by atoms with Crippen molar-refractivity contribution in [1.82, 2.24) is 4.98 Å². The lowest BCUT2D eigenvalue weighted by atomic mass is 10.2. The molecule has 0 fully saturated rings. The van der Waals surface area contributed by atoms with Gasteiger partial charge in [0.15, 0.2) is 5.11 Å². The van der Waals surface area contributed by atoms with Gasteiger partial charge in [-0.25, -0.2) is 9.37 Å². The average Bonchev–Trinajstić information content (AvgIpc) is 2.81. The Balaban J connectivity index is 1.96. The molecule has 0 atom stereocenters. The molecule has 6 heteroatoms. The molecule has 0 aliphatic rings. The number of aromatic nitrogens is 1. The van der Waals surface area contributed by atoms with Gasteiger partial charge in [0, 0.05) is 11.3 Å². The number of thiocarbonyl (C=S) groups is 1. The van der Waals surface area contributed by atoms with E-state index >= 15 is 0 Å². The lowest BCUT2D eigenvalue weighted by Crippen LogP contribution is -2.18. The highest BCUT2D eigenvalue weighted by Gasteiger charge is 2.07. The maximum absolute atomic E-state index is 13.2. The molecular weight excluding hydrogens is 293 g/mol. The lowest BCUT2D eigenvalue weighted by Gasteiger charge is -2.03. The van der Waals surface area contributed by atoms with E-state index in [4.69, 9.17) is 18.0 Å². The van der Waals surface area contributed by atoms with Gasteiger partial charge in [-0.05, 0) is 54.7 Å². The van der Waals surface area contributed by atoms with Crippen LogP contribution in [0.5, 0.6) is 0 Å². The minimum Gasteiger partial charge on any atom is -0.376 e. The molecular formula is C14H10FN3S2. The zero-order valence-electron chi connectivity index (χ0n) is 10.3. The molecule has 3 aromatic rings. The predicted octanol–water partition coefficient (Wildman–Crippen LogP) is 3.76. The van der Waals surface area contributed by atoms with Gasteiger partial charge in [-0.2, -0.15) is 0 Å². The van der Waals surface area contributed by atoms with Crippen molar-refractivity contribution < 1.29 is 4.39 Å². The molecule has 3 N–H and O–H groups in total. The number of nitrogens with one attached hydrogen (secondary N) is 1. The minimum absolute atomic E-state index is 0.230. The molecule has 0 spiro atoms. The zero-order chi connectivity index (χ0) is 14.1. The summed E-state index contributed by atoms with van der Waals surface area (Å²) < 4.78 is 14.0. The van der Waals surface area contributed by atoms with Gasteiger partial charge < -0.3 is 11.1 Å². The highest BCUT2D eigenvalue weighted by molar-refractivity contribution is 7.80. The third-order valence-electron chi connectivity index (χ3n) is 2.75. The van der Waals surface area contributed by atoms with E-state index in [0.717, 1.165) is 26.5 Å². The summed E-state index contributed by atoms with van der Waals surface area (Å²) >= 11 is 6.24. The highest BCUT2D eigenvalue weighted by atomic mass is 32.1. The molecule has 0 amide bonds. The van der Waals surface area contributed by atoms with Crippen LogP contribution in [0.2, 0.25) is 0 Å². The summed E-state index contributed by atoms with van der Waals surface area (Å²) in [7, 11) is 0. The molecule has 3 nitrogen and oxygen atoms in total. The molecule has 0 bridgehead atoms. The molecule has 20 heavy (non-hydrogen) atoms. The number of anilines is 1. The number of nitrogens with zero attached hydrogens (tertiary/aromatic N) is 1. The first kappa shape index (κ1) is 13.0. The van der Waals surface area contributed by atoms with Gasteiger partial charge >= 0.3 is 0 Å². The van der Waals surface area contributed by atoms with Crippen molar-refractivity contribution in [3.05, 3.63) is 48.3 Å². The largest absolute Gasteiger partial charge is 0.376 e. The Labute approximate surface area is 124 Å². The SMILES string of the molecule is NC(=S)Nc1ccc(-c2nc3ccc(F)cc3s2)cc1. The van der Waals surface area contributed by atoms with Crippen LogP contribution in [0, 0.1) is 5.82 Å². The van der Waals surface area contributed by atoms with Crippen LogP contribution in [0.15, 0.2) is 42.5 Å². The van der Waals surface area contributed by atoms with Crippen LogP contribution in [0.4, 0.5) is 10.1 Å². The second kappa shape index (κ2) is 5.15. The Bertz CT molecular complexity index is 781. The van der Waals surface area contributed by atoms with E-state index in [1.54, 1.807) is 6.07 Å². The third kappa shape index (κ3) is 2.61. The van der Waals surface area contributed by atoms with Gasteiger partial charge in [0.05, 0.1) is 10.2 Å². The van der Waals surface area contributed by atoms with E-state index < -0.39 is 0 Å². The summed E-state index contributed by atoms with van der Waals surface area (Å²) in [4.78, 5) is 4.50. The van der Waals surface area contributed by atoms with Crippen LogP contribution in [0.1, 0.15) is 0 Å². The zero-order valence-corrected chi connectivity index (χ0v) is 11.9. The van der Waals surface area contributed by atoms with E-state index in [9.17, 15) is 4.39 Å². The number of hydrogen-bond acceptors (Lipinski definition) is 3. The van der Waals surface area contributed by atoms with Crippen molar-refractivity contribution >= 4 is 44.6 Å². The van der Waals surface area contributed by atoms with Gasteiger partial charge in [-0.1, -0.05) is 0 Å². The first-order valence-corrected chi connectivity index (χ1v) is 7.07. The van der Waals surface area contributed by atoms with Crippen molar-refractivity contribution in [3.63, 3.8) is 0 Å². The molecule has 0 radical (unpaired) electrons. The Hall–Kier alpha value is -2.05. The number of hydrogen-bond donors (Lipinski definition) is 2. The van der Waals surface area contributed by atoms with Crippen LogP contribution >= 0.6 is 23.6 Å². The smallest absolute Gasteiger partial charge is 0.168 e. The fourth-order valence-corrected chi connectivity index (χ4v) is 2.97. The van der Waals surface area contributed by atoms with E-state index in [1.165, 1.54) is 23.5 Å². The van der Waals surface area contributed by atoms with Crippen LogP contribution in [0.3, 0.4) is 0 Å². The van der Waals surface area contributed by atoms with Crippen LogP contribution in [-0.4, -0.2) is 10.1 Å². The first-order valence-electron chi connectivity index (χ1n) is 5.85. The molecule has 0 aliphatic heterocycles. The molecule has 2 aromatic carbocycles. The first-order chi connectivity index (χ1) is 9.61. The van der Waals surface area contributed by atoms with Crippen LogP contribution in [0.25, 0.3) is 20.8 Å². The molecule has 1 heterocycles. The van der Waals surface area contributed by atoms with Crippen LogP contribution < -0.4 is 11.1 Å². The Kier molecular flexibility index (Phi) is 3.33. The molecule has 0 unspecified atom stereocenters. The second-order valence-corrected chi connectivity index (χ2v) is 5.67. The number of nitrogens with two attached hydrogens (primary N) is 1. The molecule has 0 aliphatic carbocycles. The van der Waals surface area contributed by atoms with E-state index in [1.807, 2.05) is 24.3 Å². The highest BCUT2D eigenvalue weighted by Crippen LogP contribution is 2.31. The summed E-state index contributed by atoms with van der Waals surface area (Å²) in [5.41, 5.74) is 8.02. The van der Waals surface area contributed by atoms with Gasteiger partial charge in [0.2, 0.25) is 0 Å². The second-order valence-electron chi connectivity index (χ2n) is 4.20. The van der Waals surface area contributed by atoms with Gasteiger partial charge in [-0.15, -0.1) is 11.3 Å². The molecule has 3 rings (SSSR count). The topological polar surface area (TPSA) is 50.9 Å². The van der Waals surface area contributed by atoms with Crippen molar-refractivity contribution in [3.8, 4) is 10.6 Å². The van der Waals surface area contributed by atoms with Gasteiger partial charge in [0.1, 0.15) is 10.8 Å². The number of thiazole rings is 1. The van der Waals surface area contributed by atoms with Crippen LogP contribution in [-0.2, 0) is 0 Å². The van der Waals surface area contributed by atoms with Gasteiger partial charge in [-0.3, -0.25) is 0 Å². The number of halogens is 1. The Morgan fingerprint density at radius 3 is 2.65 bits per heavy atom. The fourth-order valence-electron chi connectivity index (χ4n) is 1.86. The number of benzene rings is 2. The fraction of sp³-hybridized carbons (Fsp3) is 0. The molecule has 0 saturated heterocycles. The molecule has 1 aromatic heterocycles. The maximum atomic E-state index is 13.2. The molecule has 0 saturated carbocycles. The van der Waals surface area contributed by atoms with E-state index in [-0.39, 0.29) is 10.9 Å². The quantitative estimate of drug-likeness (QED) is 0.708. The lowest BCUT2D eigenvalue weighted by molar-refractivity contribution is 0.630. The monoisotopic (exact) mass is 303 g/mol. The normalized spacial score (nSPS) is 10.7. The standard InChI is InChI=1S/C14H10FN3S2/c15-9-3-6-11-12(7-9)20-13(18-11)8-1-4-10(5-2-8)17-14(16)19/h1-7H,(H3,16,17,19). The van der Waals surface area contributed by atoms with Crippen molar-refractivity contribution in [2.45, 2.75) is 0 Å². The summed E-state index contributed by atoms with van der Waals surface area (Å²) in [5, 5.41) is 3.94. The Morgan fingerprint density at radius 1 is 1.20 bits per heavy atom. The maximum Gasteiger partial charge on any atom is 0.168 e. The Morgan fingerprint density at radius 2 is 1.95 bits per heavy atom.